The summed E-state index contributed by atoms with van der Waals surface area (Å²) in [5.41, 5.74) is 0.395. The molecule has 0 amide bonds. The Labute approximate surface area is 87.0 Å². The molecule has 0 atom stereocenters. The maximum atomic E-state index is 10.5. The Morgan fingerprint density at radius 1 is 1.53 bits per heavy atom. The quantitative estimate of drug-likeness (QED) is 0.745. The molecule has 6 nitrogen and oxygen atoms in total. The van der Waals surface area contributed by atoms with Gasteiger partial charge in [0, 0.05) is 6.07 Å². The van der Waals surface area contributed by atoms with Gasteiger partial charge in [-0.1, -0.05) is 0 Å². The molecular weight excluding hydrogens is 220 g/mol. The maximum Gasteiger partial charge on any atom is 0.357 e. The lowest BCUT2D eigenvalue weighted by molar-refractivity contribution is 0.416. The SMILES string of the molecule is COc1cc(C#N)ccc1NS(=O)(=O)O. The van der Waals surface area contributed by atoms with Gasteiger partial charge in [0.2, 0.25) is 0 Å². The van der Waals surface area contributed by atoms with Crippen LogP contribution in [0.2, 0.25) is 0 Å². The fourth-order valence-electron chi connectivity index (χ4n) is 0.984. The molecule has 0 fully saturated rings. The van der Waals surface area contributed by atoms with Gasteiger partial charge in [0.05, 0.1) is 24.4 Å². The van der Waals surface area contributed by atoms with Gasteiger partial charge >= 0.3 is 10.3 Å². The standard InChI is InChI=1S/C8H8N2O4S/c1-14-8-4-6(5-9)2-3-7(8)10-15(11,12)13/h2-4,10H,1H3,(H,11,12,13). The first-order valence-electron chi connectivity index (χ1n) is 3.79. The van der Waals surface area contributed by atoms with Gasteiger partial charge in [0.1, 0.15) is 5.75 Å². The molecule has 0 radical (unpaired) electrons. The number of benzene rings is 1. The van der Waals surface area contributed by atoms with E-state index >= 15 is 0 Å². The third kappa shape index (κ3) is 3.12. The van der Waals surface area contributed by atoms with Crippen LogP contribution in [0.1, 0.15) is 5.56 Å². The second-order valence-electron chi connectivity index (χ2n) is 2.60. The molecule has 0 saturated heterocycles. The Morgan fingerprint density at radius 2 is 2.20 bits per heavy atom. The summed E-state index contributed by atoms with van der Waals surface area (Å²) in [5, 5.41) is 8.59. The van der Waals surface area contributed by atoms with Crippen molar-refractivity contribution in [3.8, 4) is 11.8 Å². The fraction of sp³-hybridized carbons (Fsp3) is 0.125. The molecule has 2 N–H and O–H groups in total. The molecule has 0 aromatic heterocycles. The number of methoxy groups -OCH3 is 1. The molecule has 80 valence electrons. The van der Waals surface area contributed by atoms with Gasteiger partial charge in [-0.15, -0.1) is 0 Å². The molecule has 1 aromatic carbocycles. The van der Waals surface area contributed by atoms with Gasteiger partial charge in [-0.2, -0.15) is 13.7 Å². The average molecular weight is 228 g/mol. The number of hydrogen-bond donors (Lipinski definition) is 2. The molecule has 0 aliphatic rings. The molecule has 7 heteroatoms. The van der Waals surface area contributed by atoms with E-state index in [-0.39, 0.29) is 11.4 Å². The number of nitriles is 1. The maximum absolute atomic E-state index is 10.5. The molecule has 15 heavy (non-hydrogen) atoms. The second kappa shape index (κ2) is 4.16. The summed E-state index contributed by atoms with van der Waals surface area (Å²) in [6.45, 7) is 0. The Balaban J connectivity index is 3.15. The van der Waals surface area contributed by atoms with Crippen LogP contribution in [0.15, 0.2) is 18.2 Å². The predicted octanol–water partition coefficient (Wildman–Crippen LogP) is 0.782. The van der Waals surface area contributed by atoms with Crippen LogP contribution in [0.3, 0.4) is 0 Å². The number of rotatable bonds is 3. The molecule has 0 saturated carbocycles. The van der Waals surface area contributed by atoms with E-state index in [1.165, 1.54) is 25.3 Å². The summed E-state index contributed by atoms with van der Waals surface area (Å²) in [6, 6.07) is 5.95. The zero-order chi connectivity index (χ0) is 11.5. The third-order valence-corrected chi connectivity index (χ3v) is 2.05. The molecule has 1 rings (SSSR count). The largest absolute Gasteiger partial charge is 0.495 e. The van der Waals surface area contributed by atoms with E-state index in [9.17, 15) is 8.42 Å². The normalized spacial score (nSPS) is 10.5. The zero-order valence-electron chi connectivity index (χ0n) is 7.76. The molecule has 0 bridgehead atoms. The van der Waals surface area contributed by atoms with Gasteiger partial charge < -0.3 is 4.74 Å². The second-order valence-corrected chi connectivity index (χ2v) is 3.76. The fourth-order valence-corrected chi connectivity index (χ4v) is 1.43. The number of ether oxygens (including phenoxy) is 1. The third-order valence-electron chi connectivity index (χ3n) is 1.57. The Bertz CT molecular complexity index is 504. The van der Waals surface area contributed by atoms with E-state index in [1.807, 2.05) is 10.8 Å². The van der Waals surface area contributed by atoms with Crippen molar-refractivity contribution in [2.45, 2.75) is 0 Å². The van der Waals surface area contributed by atoms with E-state index in [1.54, 1.807) is 0 Å². The van der Waals surface area contributed by atoms with Crippen LogP contribution in [0, 0.1) is 11.3 Å². The van der Waals surface area contributed by atoms with Gasteiger partial charge in [-0.3, -0.25) is 9.27 Å². The summed E-state index contributed by atoms with van der Waals surface area (Å²) in [7, 11) is -3.02. The highest BCUT2D eigenvalue weighted by molar-refractivity contribution is 7.87. The summed E-state index contributed by atoms with van der Waals surface area (Å²) in [6.07, 6.45) is 0. The van der Waals surface area contributed by atoms with E-state index in [2.05, 4.69) is 0 Å². The minimum absolute atomic E-state index is 0.0685. The summed E-state index contributed by atoms with van der Waals surface area (Å²) in [5.74, 6) is 0.159. The van der Waals surface area contributed by atoms with Crippen LogP contribution in [0.5, 0.6) is 5.75 Å². The highest BCUT2D eigenvalue weighted by Crippen LogP contribution is 2.25. The lowest BCUT2D eigenvalue weighted by Crippen LogP contribution is -2.11. The first kappa shape index (κ1) is 11.3. The first-order chi connectivity index (χ1) is 6.96. The number of nitrogens with one attached hydrogen (secondary N) is 1. The Kier molecular flexibility index (Phi) is 3.14. The lowest BCUT2D eigenvalue weighted by Gasteiger charge is -2.08. The van der Waals surface area contributed by atoms with Crippen molar-refractivity contribution >= 4 is 16.0 Å². The van der Waals surface area contributed by atoms with Gasteiger partial charge in [0.15, 0.2) is 0 Å². The van der Waals surface area contributed by atoms with Crippen LogP contribution in [-0.2, 0) is 10.3 Å². The topological polar surface area (TPSA) is 99.4 Å². The molecule has 0 aliphatic carbocycles. The number of hydrogen-bond acceptors (Lipinski definition) is 4. The predicted molar refractivity (Wildman–Crippen MR) is 52.9 cm³/mol. The highest BCUT2D eigenvalue weighted by atomic mass is 32.2. The van der Waals surface area contributed by atoms with Crippen molar-refractivity contribution in [1.82, 2.24) is 0 Å². The number of nitrogens with zero attached hydrogens (tertiary/aromatic N) is 1. The molecule has 0 heterocycles. The van der Waals surface area contributed by atoms with Gasteiger partial charge in [0.25, 0.3) is 0 Å². The van der Waals surface area contributed by atoms with Crippen molar-refractivity contribution < 1.29 is 17.7 Å². The Hall–Kier alpha value is -1.78. The number of anilines is 1. The van der Waals surface area contributed by atoms with Crippen LogP contribution in [-0.4, -0.2) is 20.1 Å². The van der Waals surface area contributed by atoms with Crippen molar-refractivity contribution in [1.29, 1.82) is 5.26 Å². The van der Waals surface area contributed by atoms with Crippen molar-refractivity contribution in [2.24, 2.45) is 0 Å². The average Bonchev–Trinajstić information content (AvgIpc) is 2.16. The van der Waals surface area contributed by atoms with Crippen LogP contribution in [0.4, 0.5) is 5.69 Å². The molecule has 0 spiro atoms. The first-order valence-corrected chi connectivity index (χ1v) is 5.23. The van der Waals surface area contributed by atoms with Crippen molar-refractivity contribution in [3.05, 3.63) is 23.8 Å². The summed E-state index contributed by atoms with van der Waals surface area (Å²) >= 11 is 0. The van der Waals surface area contributed by atoms with Gasteiger partial charge in [-0.25, -0.2) is 0 Å². The molecule has 0 aliphatic heterocycles. The summed E-state index contributed by atoms with van der Waals surface area (Å²) < 4.78 is 36.3. The zero-order valence-corrected chi connectivity index (χ0v) is 8.58. The van der Waals surface area contributed by atoms with E-state index in [0.717, 1.165) is 0 Å². The lowest BCUT2D eigenvalue weighted by atomic mass is 10.2. The molecular formula is C8H8N2O4S. The highest BCUT2D eigenvalue weighted by Gasteiger charge is 2.09. The van der Waals surface area contributed by atoms with Crippen molar-refractivity contribution in [2.75, 3.05) is 11.8 Å². The van der Waals surface area contributed by atoms with E-state index < -0.39 is 10.3 Å². The van der Waals surface area contributed by atoms with E-state index in [0.29, 0.717) is 5.56 Å². The van der Waals surface area contributed by atoms with Crippen LogP contribution < -0.4 is 9.46 Å². The van der Waals surface area contributed by atoms with Crippen molar-refractivity contribution in [3.63, 3.8) is 0 Å². The minimum atomic E-state index is -4.34. The molecule has 0 unspecified atom stereocenters. The van der Waals surface area contributed by atoms with E-state index in [4.69, 9.17) is 14.6 Å². The minimum Gasteiger partial charge on any atom is -0.495 e. The van der Waals surface area contributed by atoms with Crippen LogP contribution in [0.25, 0.3) is 0 Å². The smallest absolute Gasteiger partial charge is 0.357 e. The monoisotopic (exact) mass is 228 g/mol. The van der Waals surface area contributed by atoms with Crippen LogP contribution >= 0.6 is 0 Å². The summed E-state index contributed by atoms with van der Waals surface area (Å²) in [4.78, 5) is 0. The van der Waals surface area contributed by atoms with Gasteiger partial charge in [-0.05, 0) is 12.1 Å². The molecule has 1 aromatic rings. The Morgan fingerprint density at radius 3 is 2.67 bits per heavy atom.